The number of hydrogen-bond acceptors (Lipinski definition) is 5. The van der Waals surface area contributed by atoms with Crippen LogP contribution >= 0.6 is 0 Å². The summed E-state index contributed by atoms with van der Waals surface area (Å²) in [5.74, 6) is 0. The Bertz CT molecular complexity index is 1660. The molecule has 2 aromatic heterocycles. The third-order valence-electron chi connectivity index (χ3n) is 7.55. The molecule has 0 saturated carbocycles. The zero-order valence-electron chi connectivity index (χ0n) is 21.9. The Labute approximate surface area is 222 Å². The summed E-state index contributed by atoms with van der Waals surface area (Å²) in [5, 5.41) is 0. The van der Waals surface area contributed by atoms with E-state index in [2.05, 4.69) is 28.9 Å². The number of rotatable bonds is 7. The van der Waals surface area contributed by atoms with Crippen molar-refractivity contribution in [2.75, 3.05) is 26.2 Å². The number of aromatic amines is 1. The maximum absolute atomic E-state index is 13.4. The zero-order chi connectivity index (χ0) is 27.0. The molecule has 1 fully saturated rings. The molecule has 1 unspecified atom stereocenters. The molecule has 1 N–H and O–H groups in total. The van der Waals surface area contributed by atoms with Gasteiger partial charge in [-0.05, 0) is 50.1 Å². The molecular weight excluding hydrogens is 502 g/mol. The van der Waals surface area contributed by atoms with Gasteiger partial charge in [0, 0.05) is 51.0 Å². The van der Waals surface area contributed by atoms with E-state index in [0.29, 0.717) is 49.5 Å². The first-order chi connectivity index (χ1) is 18.3. The third kappa shape index (κ3) is 4.53. The number of piperazine rings is 1. The van der Waals surface area contributed by atoms with E-state index in [-0.39, 0.29) is 28.7 Å². The molecule has 38 heavy (non-hydrogen) atoms. The van der Waals surface area contributed by atoms with E-state index in [1.165, 1.54) is 10.1 Å². The fraction of sp³-hybridized carbons (Fsp3) is 0.357. The van der Waals surface area contributed by atoms with Crippen molar-refractivity contribution < 1.29 is 8.42 Å². The van der Waals surface area contributed by atoms with E-state index in [9.17, 15) is 18.0 Å². The first kappa shape index (κ1) is 26.1. The van der Waals surface area contributed by atoms with Crippen LogP contribution in [0, 0.1) is 0 Å². The Balaban J connectivity index is 1.36. The zero-order valence-corrected chi connectivity index (χ0v) is 22.7. The number of H-pyrrole nitrogens is 1. The first-order valence-electron chi connectivity index (χ1n) is 13.0. The van der Waals surface area contributed by atoms with Crippen LogP contribution in [0.1, 0.15) is 32.4 Å². The molecule has 5 rings (SSSR count). The van der Waals surface area contributed by atoms with Crippen LogP contribution in [0.2, 0.25) is 0 Å². The van der Waals surface area contributed by atoms with Crippen molar-refractivity contribution in [2.45, 2.75) is 44.8 Å². The highest BCUT2D eigenvalue weighted by atomic mass is 32.2. The lowest BCUT2D eigenvalue weighted by Gasteiger charge is -2.37. The maximum atomic E-state index is 13.4. The monoisotopic (exact) mass is 535 g/mol. The maximum Gasteiger partial charge on any atom is 0.331 e. The van der Waals surface area contributed by atoms with Gasteiger partial charge in [-0.1, -0.05) is 42.5 Å². The number of nitrogens with zero attached hydrogens (tertiary/aromatic N) is 4. The summed E-state index contributed by atoms with van der Waals surface area (Å²) in [7, 11) is -3.63. The van der Waals surface area contributed by atoms with Gasteiger partial charge in [0.15, 0.2) is 0 Å². The number of aryl methyl sites for hydroxylation is 1. The van der Waals surface area contributed by atoms with Gasteiger partial charge in [-0.15, -0.1) is 0 Å². The summed E-state index contributed by atoms with van der Waals surface area (Å²) in [6, 6.07) is 18.9. The lowest BCUT2D eigenvalue weighted by molar-refractivity contribution is 0.146. The molecule has 9 nitrogen and oxygen atoms in total. The van der Waals surface area contributed by atoms with Crippen LogP contribution in [0.4, 0.5) is 0 Å². The summed E-state index contributed by atoms with van der Waals surface area (Å²) >= 11 is 0. The molecule has 10 heteroatoms. The van der Waals surface area contributed by atoms with Crippen LogP contribution in [-0.4, -0.2) is 57.9 Å². The van der Waals surface area contributed by atoms with Gasteiger partial charge in [-0.3, -0.25) is 18.8 Å². The second-order valence-electron chi connectivity index (χ2n) is 9.57. The molecule has 1 atom stereocenters. The van der Waals surface area contributed by atoms with E-state index in [0.717, 1.165) is 5.56 Å². The lowest BCUT2D eigenvalue weighted by atomic mass is 10.1. The molecule has 0 spiro atoms. The van der Waals surface area contributed by atoms with E-state index in [1.54, 1.807) is 46.1 Å². The minimum Gasteiger partial charge on any atom is -0.349 e. The van der Waals surface area contributed by atoms with Gasteiger partial charge in [0.25, 0.3) is 5.56 Å². The van der Waals surface area contributed by atoms with Crippen molar-refractivity contribution in [1.29, 1.82) is 0 Å². The Morgan fingerprint density at radius 1 is 0.868 bits per heavy atom. The lowest BCUT2D eigenvalue weighted by Crippen LogP contribution is -2.49. The van der Waals surface area contributed by atoms with Crippen molar-refractivity contribution >= 4 is 21.1 Å². The molecule has 1 aliphatic heterocycles. The minimum absolute atomic E-state index is 0.224. The molecule has 3 heterocycles. The average Bonchev–Trinajstić information content (AvgIpc) is 3.39. The van der Waals surface area contributed by atoms with Crippen LogP contribution < -0.4 is 11.2 Å². The van der Waals surface area contributed by atoms with E-state index in [1.807, 2.05) is 25.1 Å². The van der Waals surface area contributed by atoms with Gasteiger partial charge in [0.1, 0.15) is 5.52 Å². The Hall–Kier alpha value is -3.47. The van der Waals surface area contributed by atoms with Gasteiger partial charge in [-0.2, -0.15) is 4.31 Å². The predicted molar refractivity (Wildman–Crippen MR) is 149 cm³/mol. The number of fused-ring (bicyclic) bond motifs is 1. The van der Waals surface area contributed by atoms with Crippen molar-refractivity contribution in [3.8, 4) is 11.3 Å². The number of benzene rings is 2. The molecule has 1 saturated heterocycles. The van der Waals surface area contributed by atoms with Gasteiger partial charge in [0.2, 0.25) is 10.0 Å². The smallest absolute Gasteiger partial charge is 0.331 e. The van der Waals surface area contributed by atoms with Gasteiger partial charge >= 0.3 is 5.69 Å². The SMILES string of the molecule is CCn1c(=O)c2[nH]c(-c3ccc(S(=O)(=O)N4CCN(C(C)c5ccccc5)CC4)cc3)cc2n(CC)c1=O. The first-order valence-corrected chi connectivity index (χ1v) is 14.5. The van der Waals surface area contributed by atoms with Crippen LogP contribution in [0.15, 0.2) is 75.1 Å². The Morgan fingerprint density at radius 3 is 2.11 bits per heavy atom. The summed E-state index contributed by atoms with van der Waals surface area (Å²) < 4.78 is 31.1. The molecule has 0 amide bonds. The minimum atomic E-state index is -3.63. The normalized spacial score (nSPS) is 16.2. The number of nitrogens with one attached hydrogen (secondary N) is 1. The molecule has 1 aliphatic rings. The number of hydrogen-bond donors (Lipinski definition) is 1. The van der Waals surface area contributed by atoms with Crippen LogP contribution in [0.3, 0.4) is 0 Å². The van der Waals surface area contributed by atoms with Crippen molar-refractivity contribution in [1.82, 2.24) is 23.3 Å². The Morgan fingerprint density at radius 2 is 1.50 bits per heavy atom. The molecule has 0 bridgehead atoms. The second kappa shape index (κ2) is 10.4. The fourth-order valence-electron chi connectivity index (χ4n) is 5.26. The van der Waals surface area contributed by atoms with Crippen LogP contribution in [0.5, 0.6) is 0 Å². The predicted octanol–water partition coefficient (Wildman–Crippen LogP) is 3.27. The molecule has 2 aromatic carbocycles. The summed E-state index contributed by atoms with van der Waals surface area (Å²) in [6.45, 7) is 8.69. The highest BCUT2D eigenvalue weighted by Gasteiger charge is 2.30. The summed E-state index contributed by atoms with van der Waals surface area (Å²) in [6.07, 6.45) is 0. The van der Waals surface area contributed by atoms with Gasteiger partial charge in [-0.25, -0.2) is 13.2 Å². The fourth-order valence-corrected chi connectivity index (χ4v) is 6.68. The van der Waals surface area contributed by atoms with Crippen molar-refractivity contribution in [2.24, 2.45) is 0 Å². The standard InChI is InChI=1S/C28H33N5O4S/c1-4-32-25-19-24(29-26(25)27(34)33(5-2)28(32)35)22-11-13-23(14-12-22)38(36,37)31-17-15-30(16-18-31)20(3)21-9-7-6-8-10-21/h6-14,19-20,29H,4-5,15-18H2,1-3H3. The van der Waals surface area contributed by atoms with E-state index in [4.69, 9.17) is 0 Å². The number of sulfonamides is 1. The summed E-state index contributed by atoms with van der Waals surface area (Å²) in [4.78, 5) is 31.2. The summed E-state index contributed by atoms with van der Waals surface area (Å²) in [5.41, 5.74) is 2.82. The Kier molecular flexibility index (Phi) is 7.13. The molecule has 0 radical (unpaired) electrons. The molecule has 0 aliphatic carbocycles. The number of aromatic nitrogens is 3. The molecule has 200 valence electrons. The van der Waals surface area contributed by atoms with Crippen LogP contribution in [0.25, 0.3) is 22.3 Å². The van der Waals surface area contributed by atoms with E-state index < -0.39 is 10.0 Å². The second-order valence-corrected chi connectivity index (χ2v) is 11.5. The van der Waals surface area contributed by atoms with Crippen LogP contribution in [-0.2, 0) is 23.1 Å². The molecule has 4 aromatic rings. The van der Waals surface area contributed by atoms with E-state index >= 15 is 0 Å². The highest BCUT2D eigenvalue weighted by Crippen LogP contribution is 2.27. The molecular formula is C28H33N5O4S. The van der Waals surface area contributed by atoms with Gasteiger partial charge < -0.3 is 4.98 Å². The van der Waals surface area contributed by atoms with Crippen molar-refractivity contribution in [3.05, 3.63) is 87.1 Å². The topological polar surface area (TPSA) is 100 Å². The van der Waals surface area contributed by atoms with Crippen molar-refractivity contribution in [3.63, 3.8) is 0 Å². The quantitative estimate of drug-likeness (QED) is 0.392. The van der Waals surface area contributed by atoms with Gasteiger partial charge in [0.05, 0.1) is 10.4 Å². The highest BCUT2D eigenvalue weighted by molar-refractivity contribution is 7.89. The largest absolute Gasteiger partial charge is 0.349 e. The average molecular weight is 536 g/mol. The third-order valence-corrected chi connectivity index (χ3v) is 9.46.